The summed E-state index contributed by atoms with van der Waals surface area (Å²) >= 11 is 6.11. The number of aryl methyl sites for hydroxylation is 2. The highest BCUT2D eigenvalue weighted by Gasteiger charge is 2.26. The molecule has 0 atom stereocenters. The van der Waals surface area contributed by atoms with Crippen LogP contribution in [-0.2, 0) is 0 Å². The third-order valence-electron chi connectivity index (χ3n) is 3.78. The van der Waals surface area contributed by atoms with Gasteiger partial charge in [-0.3, -0.25) is 10.1 Å². The molecular formula is C18H13ClF2N4O3. The molecule has 1 aromatic heterocycles. The molecule has 10 heteroatoms. The van der Waals surface area contributed by atoms with E-state index in [1.54, 1.807) is 26.0 Å². The van der Waals surface area contributed by atoms with E-state index in [0.29, 0.717) is 16.8 Å². The number of nitrogens with one attached hydrogen (secondary N) is 1. The maximum Gasteiger partial charge on any atom is 0.373 e. The normalized spacial score (nSPS) is 10.6. The molecule has 0 fully saturated rings. The van der Waals surface area contributed by atoms with Crippen molar-refractivity contribution in [3.8, 4) is 11.6 Å². The summed E-state index contributed by atoms with van der Waals surface area (Å²) in [4.78, 5) is 18.4. The lowest BCUT2D eigenvalue weighted by Gasteiger charge is -2.11. The average molecular weight is 407 g/mol. The standard InChI is InChI=1S/C18H13ClF2N4O3/c1-9-5-12(6-10(2)15(9)19)28-18-16(25(26)27)17(22-8-23-18)24-14-4-3-11(20)7-13(14)21/h3-8H,1-2H3,(H,22,23,24). The van der Waals surface area contributed by atoms with Gasteiger partial charge in [-0.25, -0.2) is 13.8 Å². The van der Waals surface area contributed by atoms with E-state index in [2.05, 4.69) is 15.3 Å². The minimum absolute atomic E-state index is 0.188. The van der Waals surface area contributed by atoms with Crippen LogP contribution in [0.1, 0.15) is 11.1 Å². The second-order valence-electron chi connectivity index (χ2n) is 5.86. The minimum Gasteiger partial charge on any atom is -0.434 e. The minimum atomic E-state index is -0.931. The average Bonchev–Trinajstić information content (AvgIpc) is 2.62. The van der Waals surface area contributed by atoms with Gasteiger partial charge in [-0.2, -0.15) is 4.98 Å². The molecule has 2 aromatic carbocycles. The Bertz CT molecular complexity index is 1060. The smallest absolute Gasteiger partial charge is 0.373 e. The summed E-state index contributed by atoms with van der Waals surface area (Å²) in [6.45, 7) is 3.53. The van der Waals surface area contributed by atoms with Gasteiger partial charge in [-0.15, -0.1) is 0 Å². The SMILES string of the molecule is Cc1cc(Oc2ncnc(Nc3ccc(F)cc3F)c2[N+](=O)[O-])cc(C)c1Cl. The van der Waals surface area contributed by atoms with E-state index in [1.165, 1.54) is 0 Å². The van der Waals surface area contributed by atoms with Crippen molar-refractivity contribution in [2.24, 2.45) is 0 Å². The first-order valence-electron chi connectivity index (χ1n) is 7.92. The lowest BCUT2D eigenvalue weighted by molar-refractivity contribution is -0.385. The maximum absolute atomic E-state index is 13.9. The van der Waals surface area contributed by atoms with Crippen LogP contribution in [-0.4, -0.2) is 14.9 Å². The van der Waals surface area contributed by atoms with Gasteiger partial charge in [-0.05, 0) is 49.2 Å². The summed E-state index contributed by atoms with van der Waals surface area (Å²) in [6.07, 6.45) is 1.03. The molecule has 7 nitrogen and oxygen atoms in total. The number of ether oxygens (including phenoxy) is 1. The molecule has 0 saturated heterocycles. The second-order valence-corrected chi connectivity index (χ2v) is 6.23. The van der Waals surface area contributed by atoms with Gasteiger partial charge in [0.2, 0.25) is 5.82 Å². The molecule has 144 valence electrons. The van der Waals surface area contributed by atoms with E-state index in [9.17, 15) is 18.9 Å². The predicted octanol–water partition coefficient (Wildman–Crippen LogP) is 5.47. The van der Waals surface area contributed by atoms with Crippen LogP contribution >= 0.6 is 11.6 Å². The Morgan fingerprint density at radius 1 is 1.14 bits per heavy atom. The summed E-state index contributed by atoms with van der Waals surface area (Å²) in [7, 11) is 0. The van der Waals surface area contributed by atoms with E-state index >= 15 is 0 Å². The molecule has 0 bridgehead atoms. The Morgan fingerprint density at radius 2 is 1.82 bits per heavy atom. The number of rotatable bonds is 5. The largest absolute Gasteiger partial charge is 0.434 e. The highest BCUT2D eigenvalue weighted by molar-refractivity contribution is 6.32. The molecular weight excluding hydrogens is 394 g/mol. The first-order valence-corrected chi connectivity index (χ1v) is 8.30. The number of nitro groups is 1. The summed E-state index contributed by atoms with van der Waals surface area (Å²) in [5.41, 5.74) is 0.657. The van der Waals surface area contributed by atoms with Gasteiger partial charge >= 0.3 is 11.6 Å². The van der Waals surface area contributed by atoms with Crippen molar-refractivity contribution in [3.63, 3.8) is 0 Å². The number of anilines is 2. The van der Waals surface area contributed by atoms with Gasteiger partial charge in [0.25, 0.3) is 0 Å². The Morgan fingerprint density at radius 3 is 2.43 bits per heavy atom. The Kier molecular flexibility index (Phi) is 5.36. The fourth-order valence-corrected chi connectivity index (χ4v) is 2.60. The fourth-order valence-electron chi connectivity index (χ4n) is 2.49. The van der Waals surface area contributed by atoms with Gasteiger partial charge in [0, 0.05) is 11.1 Å². The van der Waals surface area contributed by atoms with Crippen molar-refractivity contribution in [2.45, 2.75) is 13.8 Å². The molecule has 1 heterocycles. The zero-order valence-electron chi connectivity index (χ0n) is 14.7. The molecule has 28 heavy (non-hydrogen) atoms. The first-order chi connectivity index (χ1) is 13.3. The molecule has 3 aromatic rings. The van der Waals surface area contributed by atoms with Crippen LogP contribution in [0.3, 0.4) is 0 Å². The summed E-state index contributed by atoms with van der Waals surface area (Å²) in [6, 6.07) is 5.96. The number of hydrogen-bond donors (Lipinski definition) is 1. The monoisotopic (exact) mass is 406 g/mol. The molecule has 0 aliphatic carbocycles. The van der Waals surface area contributed by atoms with Gasteiger partial charge in [0.05, 0.1) is 10.6 Å². The molecule has 0 aliphatic heterocycles. The molecule has 0 radical (unpaired) electrons. The molecule has 1 N–H and O–H groups in total. The number of benzene rings is 2. The van der Waals surface area contributed by atoms with E-state index in [-0.39, 0.29) is 17.4 Å². The van der Waals surface area contributed by atoms with Crippen LogP contribution in [0.5, 0.6) is 11.6 Å². The number of halogens is 3. The lowest BCUT2D eigenvalue weighted by Crippen LogP contribution is -2.04. The molecule has 0 saturated carbocycles. The van der Waals surface area contributed by atoms with Crippen molar-refractivity contribution in [3.05, 3.63) is 74.6 Å². The van der Waals surface area contributed by atoms with Crippen molar-refractivity contribution in [1.82, 2.24) is 9.97 Å². The van der Waals surface area contributed by atoms with E-state index < -0.39 is 22.2 Å². The van der Waals surface area contributed by atoms with E-state index in [0.717, 1.165) is 29.6 Å². The van der Waals surface area contributed by atoms with Gasteiger partial charge in [0.1, 0.15) is 23.7 Å². The van der Waals surface area contributed by atoms with Crippen molar-refractivity contribution < 1.29 is 18.4 Å². The van der Waals surface area contributed by atoms with Crippen molar-refractivity contribution in [2.75, 3.05) is 5.32 Å². The van der Waals surface area contributed by atoms with E-state index in [4.69, 9.17) is 16.3 Å². The summed E-state index contributed by atoms with van der Waals surface area (Å²) in [5, 5.41) is 14.6. The topological polar surface area (TPSA) is 90.2 Å². The summed E-state index contributed by atoms with van der Waals surface area (Å²) in [5.74, 6) is -2.06. The molecule has 0 spiro atoms. The second kappa shape index (κ2) is 7.73. The van der Waals surface area contributed by atoms with Crippen LogP contribution in [0.15, 0.2) is 36.7 Å². The number of aromatic nitrogens is 2. The van der Waals surface area contributed by atoms with Gasteiger partial charge < -0.3 is 10.1 Å². The lowest BCUT2D eigenvalue weighted by atomic mass is 10.1. The summed E-state index contributed by atoms with van der Waals surface area (Å²) < 4.78 is 32.5. The third-order valence-corrected chi connectivity index (χ3v) is 4.38. The van der Waals surface area contributed by atoms with Crippen LogP contribution in [0.25, 0.3) is 0 Å². The molecule has 3 rings (SSSR count). The first kappa shape index (κ1) is 19.4. The van der Waals surface area contributed by atoms with Crippen LogP contribution in [0, 0.1) is 35.6 Å². The Balaban J connectivity index is 2.01. The Labute approximate surface area is 163 Å². The highest BCUT2D eigenvalue weighted by Crippen LogP contribution is 2.37. The van der Waals surface area contributed by atoms with Gasteiger partial charge in [-0.1, -0.05) is 11.6 Å². The van der Waals surface area contributed by atoms with Crippen molar-refractivity contribution >= 4 is 28.8 Å². The molecule has 0 unspecified atom stereocenters. The maximum atomic E-state index is 13.9. The zero-order chi connectivity index (χ0) is 20.4. The van der Waals surface area contributed by atoms with Crippen molar-refractivity contribution in [1.29, 1.82) is 0 Å². The fraction of sp³-hybridized carbons (Fsp3) is 0.111. The van der Waals surface area contributed by atoms with Gasteiger partial charge in [0.15, 0.2) is 0 Å². The van der Waals surface area contributed by atoms with Crippen LogP contribution < -0.4 is 10.1 Å². The molecule has 0 aliphatic rings. The Hall–Kier alpha value is -3.33. The molecule has 0 amide bonds. The van der Waals surface area contributed by atoms with E-state index in [1.807, 2.05) is 0 Å². The quantitative estimate of drug-likeness (QED) is 0.446. The van der Waals surface area contributed by atoms with Crippen LogP contribution in [0.4, 0.5) is 26.0 Å². The third kappa shape index (κ3) is 3.99. The predicted molar refractivity (Wildman–Crippen MR) is 99.3 cm³/mol. The highest BCUT2D eigenvalue weighted by atomic mass is 35.5. The number of nitrogens with zero attached hydrogens (tertiary/aromatic N) is 3. The zero-order valence-corrected chi connectivity index (χ0v) is 15.4. The van der Waals surface area contributed by atoms with Crippen LogP contribution in [0.2, 0.25) is 5.02 Å². The number of hydrogen-bond acceptors (Lipinski definition) is 6.